The molecule has 2 heterocycles. The van der Waals surface area contributed by atoms with Crippen LogP contribution in [0.4, 0.5) is 0 Å². The fourth-order valence-electron chi connectivity index (χ4n) is 2.65. The molecule has 0 spiro atoms. The Labute approximate surface area is 134 Å². The fourth-order valence-corrected chi connectivity index (χ4v) is 3.72. The first-order chi connectivity index (χ1) is 9.97. The van der Waals surface area contributed by atoms with Crippen LogP contribution < -0.4 is 5.32 Å². The number of nitrogens with one attached hydrogen (secondary N) is 1. The Morgan fingerprint density at radius 3 is 2.62 bits per heavy atom. The zero-order valence-corrected chi connectivity index (χ0v) is 14.0. The maximum atomic E-state index is 12.4. The number of carbonyl (C=O) groups excluding carboxylic acids is 2. The van der Waals surface area contributed by atoms with Gasteiger partial charge in [0.25, 0.3) is 0 Å². The van der Waals surface area contributed by atoms with Gasteiger partial charge in [-0.05, 0) is 50.9 Å². The lowest BCUT2D eigenvalue weighted by atomic mass is 9.95. The Morgan fingerprint density at radius 1 is 1.43 bits per heavy atom. The van der Waals surface area contributed by atoms with E-state index in [1.807, 2.05) is 6.92 Å². The highest BCUT2D eigenvalue weighted by molar-refractivity contribution is 7.18. The van der Waals surface area contributed by atoms with Crippen LogP contribution in [-0.4, -0.2) is 42.3 Å². The SMILES string of the molecule is CC(=O)NCC1CCN(C(C)C(=O)c2ccc(Cl)s2)CC1. The van der Waals surface area contributed by atoms with Crippen molar-refractivity contribution in [3.05, 3.63) is 21.3 Å². The Balaban J connectivity index is 1.84. The van der Waals surface area contributed by atoms with Crippen LogP contribution in [0.25, 0.3) is 0 Å². The molecule has 1 aromatic rings. The summed E-state index contributed by atoms with van der Waals surface area (Å²) in [6.45, 7) is 6.05. The number of hydrogen-bond donors (Lipinski definition) is 1. The molecule has 1 fully saturated rings. The monoisotopic (exact) mass is 328 g/mol. The third-order valence-corrected chi connectivity index (χ3v) is 5.28. The van der Waals surface area contributed by atoms with Crippen LogP contribution in [0.3, 0.4) is 0 Å². The first-order valence-corrected chi connectivity index (χ1v) is 8.45. The molecule has 6 heteroatoms. The summed E-state index contributed by atoms with van der Waals surface area (Å²) in [6.07, 6.45) is 2.03. The van der Waals surface area contributed by atoms with Gasteiger partial charge in [0.15, 0.2) is 5.78 Å². The first-order valence-electron chi connectivity index (χ1n) is 7.25. The summed E-state index contributed by atoms with van der Waals surface area (Å²) >= 11 is 7.23. The summed E-state index contributed by atoms with van der Waals surface area (Å²) in [7, 11) is 0. The Bertz CT molecular complexity index is 510. The average Bonchev–Trinajstić information content (AvgIpc) is 2.90. The Kier molecular flexibility index (Phi) is 5.79. The second kappa shape index (κ2) is 7.38. The molecule has 1 aliphatic heterocycles. The minimum Gasteiger partial charge on any atom is -0.356 e. The minimum absolute atomic E-state index is 0.0237. The molecular formula is C15H21ClN2O2S. The number of carbonyl (C=O) groups is 2. The van der Waals surface area contributed by atoms with E-state index in [-0.39, 0.29) is 17.7 Å². The number of thiophene rings is 1. The second-order valence-corrected chi connectivity index (χ2v) is 7.28. The van der Waals surface area contributed by atoms with Gasteiger partial charge in [0.1, 0.15) is 0 Å². The molecule has 4 nitrogen and oxygen atoms in total. The number of likely N-dealkylation sites (tertiary alicyclic amines) is 1. The minimum atomic E-state index is -0.110. The van der Waals surface area contributed by atoms with Gasteiger partial charge in [0.05, 0.1) is 15.3 Å². The summed E-state index contributed by atoms with van der Waals surface area (Å²) in [5.41, 5.74) is 0. The largest absolute Gasteiger partial charge is 0.356 e. The van der Waals surface area contributed by atoms with Crippen LogP contribution >= 0.6 is 22.9 Å². The number of nitrogens with zero attached hydrogens (tertiary/aromatic N) is 1. The molecule has 0 saturated carbocycles. The molecule has 1 aromatic heterocycles. The number of rotatable bonds is 5. The molecule has 0 aliphatic carbocycles. The van der Waals surface area contributed by atoms with Gasteiger partial charge in [-0.15, -0.1) is 11.3 Å². The number of ketones is 1. The summed E-state index contributed by atoms with van der Waals surface area (Å²) in [6, 6.07) is 3.46. The lowest BCUT2D eigenvalue weighted by molar-refractivity contribution is -0.119. The van der Waals surface area contributed by atoms with Crippen molar-refractivity contribution in [2.24, 2.45) is 5.92 Å². The predicted octanol–water partition coefficient (Wildman–Crippen LogP) is 2.82. The fraction of sp³-hybridized carbons (Fsp3) is 0.600. The summed E-state index contributed by atoms with van der Waals surface area (Å²) in [5, 5.41) is 2.87. The van der Waals surface area contributed by atoms with Gasteiger partial charge in [-0.3, -0.25) is 14.5 Å². The molecule has 1 saturated heterocycles. The molecule has 0 aromatic carbocycles. The van der Waals surface area contributed by atoms with Crippen molar-refractivity contribution in [3.63, 3.8) is 0 Å². The topological polar surface area (TPSA) is 49.4 Å². The van der Waals surface area contributed by atoms with Crippen LogP contribution in [0, 0.1) is 5.92 Å². The van der Waals surface area contributed by atoms with Crippen molar-refractivity contribution in [2.45, 2.75) is 32.7 Å². The maximum absolute atomic E-state index is 12.4. The number of piperidine rings is 1. The van der Waals surface area contributed by atoms with Crippen molar-refractivity contribution in [1.29, 1.82) is 0 Å². The molecule has 0 bridgehead atoms. The number of amides is 1. The molecule has 0 radical (unpaired) electrons. The van der Waals surface area contributed by atoms with Crippen LogP contribution in [0.5, 0.6) is 0 Å². The summed E-state index contributed by atoms with van der Waals surface area (Å²) in [5.74, 6) is 0.686. The van der Waals surface area contributed by atoms with Gasteiger partial charge in [0, 0.05) is 13.5 Å². The number of hydrogen-bond acceptors (Lipinski definition) is 4. The summed E-state index contributed by atoms with van der Waals surface area (Å²) < 4.78 is 0.652. The standard InChI is InChI=1S/C15H21ClN2O2S/c1-10(15(20)13-3-4-14(16)21-13)18-7-5-12(6-8-18)9-17-11(2)19/h3-4,10,12H,5-9H2,1-2H3,(H,17,19). The van der Waals surface area contributed by atoms with E-state index in [1.165, 1.54) is 11.3 Å². The lowest BCUT2D eigenvalue weighted by Gasteiger charge is -2.35. The molecule has 2 rings (SSSR count). The van der Waals surface area contributed by atoms with E-state index < -0.39 is 0 Å². The highest BCUT2D eigenvalue weighted by Crippen LogP contribution is 2.25. The highest BCUT2D eigenvalue weighted by Gasteiger charge is 2.27. The van der Waals surface area contributed by atoms with Crippen LogP contribution in [0.15, 0.2) is 12.1 Å². The molecular weight excluding hydrogens is 308 g/mol. The molecule has 1 unspecified atom stereocenters. The summed E-state index contributed by atoms with van der Waals surface area (Å²) in [4.78, 5) is 26.3. The van der Waals surface area contributed by atoms with Gasteiger partial charge in [-0.1, -0.05) is 11.6 Å². The zero-order valence-electron chi connectivity index (χ0n) is 12.4. The molecule has 1 atom stereocenters. The highest BCUT2D eigenvalue weighted by atomic mass is 35.5. The van der Waals surface area contributed by atoms with E-state index in [0.717, 1.165) is 37.4 Å². The van der Waals surface area contributed by atoms with E-state index in [9.17, 15) is 9.59 Å². The maximum Gasteiger partial charge on any atom is 0.216 e. The lowest BCUT2D eigenvalue weighted by Crippen LogP contribution is -2.45. The van der Waals surface area contributed by atoms with Crippen molar-refractivity contribution in [1.82, 2.24) is 10.2 Å². The molecule has 1 aliphatic rings. The van der Waals surface area contributed by atoms with Gasteiger partial charge < -0.3 is 5.32 Å². The van der Waals surface area contributed by atoms with Gasteiger partial charge in [0.2, 0.25) is 5.91 Å². The quantitative estimate of drug-likeness (QED) is 0.846. The Morgan fingerprint density at radius 2 is 2.10 bits per heavy atom. The van der Waals surface area contributed by atoms with Gasteiger partial charge in [-0.2, -0.15) is 0 Å². The van der Waals surface area contributed by atoms with Crippen molar-refractivity contribution in [3.8, 4) is 0 Å². The van der Waals surface area contributed by atoms with Crippen LogP contribution in [-0.2, 0) is 4.79 Å². The first kappa shape index (κ1) is 16.5. The van der Waals surface area contributed by atoms with E-state index in [0.29, 0.717) is 10.3 Å². The van der Waals surface area contributed by atoms with E-state index in [2.05, 4.69) is 10.2 Å². The molecule has 116 valence electrons. The molecule has 1 N–H and O–H groups in total. The molecule has 1 amide bonds. The van der Waals surface area contributed by atoms with E-state index in [4.69, 9.17) is 11.6 Å². The zero-order chi connectivity index (χ0) is 15.4. The van der Waals surface area contributed by atoms with Crippen molar-refractivity contribution >= 4 is 34.6 Å². The number of Topliss-reactive ketones (excluding diaryl/α,β-unsaturated/α-hetero) is 1. The third kappa shape index (κ3) is 4.53. The smallest absolute Gasteiger partial charge is 0.216 e. The van der Waals surface area contributed by atoms with E-state index >= 15 is 0 Å². The Hall–Kier alpha value is -0.910. The van der Waals surface area contributed by atoms with Crippen molar-refractivity contribution < 1.29 is 9.59 Å². The van der Waals surface area contributed by atoms with Gasteiger partial charge in [-0.25, -0.2) is 0 Å². The average molecular weight is 329 g/mol. The predicted molar refractivity (Wildman–Crippen MR) is 86.1 cm³/mol. The molecule has 21 heavy (non-hydrogen) atoms. The van der Waals surface area contributed by atoms with Crippen LogP contribution in [0.2, 0.25) is 4.34 Å². The van der Waals surface area contributed by atoms with Gasteiger partial charge >= 0.3 is 0 Å². The third-order valence-electron chi connectivity index (χ3n) is 4.03. The number of halogens is 1. The second-order valence-electron chi connectivity index (χ2n) is 5.56. The van der Waals surface area contributed by atoms with Crippen LogP contribution in [0.1, 0.15) is 36.4 Å². The van der Waals surface area contributed by atoms with Crippen molar-refractivity contribution in [2.75, 3.05) is 19.6 Å². The normalized spacial score (nSPS) is 18.4. The van der Waals surface area contributed by atoms with E-state index in [1.54, 1.807) is 19.1 Å².